The second-order valence-corrected chi connectivity index (χ2v) is 5.70. The van der Waals surface area contributed by atoms with Gasteiger partial charge in [-0.05, 0) is 44.0 Å². The summed E-state index contributed by atoms with van der Waals surface area (Å²) >= 11 is 0. The number of carbonyl (C=O) groups is 2. The van der Waals surface area contributed by atoms with Gasteiger partial charge >= 0.3 is 0 Å². The van der Waals surface area contributed by atoms with Gasteiger partial charge in [0.15, 0.2) is 0 Å². The fourth-order valence-corrected chi connectivity index (χ4v) is 2.75. The van der Waals surface area contributed by atoms with Gasteiger partial charge in [0.05, 0.1) is 5.56 Å². The van der Waals surface area contributed by atoms with Crippen molar-refractivity contribution >= 4 is 28.3 Å². The van der Waals surface area contributed by atoms with Crippen molar-refractivity contribution in [1.29, 1.82) is 0 Å². The second kappa shape index (κ2) is 5.72. The van der Waals surface area contributed by atoms with Crippen LogP contribution >= 0.6 is 0 Å². The minimum Gasteiger partial charge on any atom is -0.358 e. The standard InChI is InChI=1S/C19H18N2O2/c1-11-7-6-10-15(12(11)2)21-19(23)18(22)17-13(3)20-16-9-5-4-8-14(16)17/h4-10,20H,1-3H3,(H,21,23). The number of nitrogens with one attached hydrogen (secondary N) is 2. The number of benzene rings is 2. The Hall–Kier alpha value is -2.88. The first kappa shape index (κ1) is 15.0. The van der Waals surface area contributed by atoms with E-state index in [9.17, 15) is 9.59 Å². The summed E-state index contributed by atoms with van der Waals surface area (Å²) in [5, 5.41) is 3.50. The Bertz CT molecular complexity index is 922. The molecule has 3 rings (SSSR count). The summed E-state index contributed by atoms with van der Waals surface area (Å²) in [5.41, 5.74) is 4.69. The van der Waals surface area contributed by atoms with Crippen molar-refractivity contribution in [2.75, 3.05) is 5.32 Å². The Morgan fingerprint density at radius 1 is 0.957 bits per heavy atom. The van der Waals surface area contributed by atoms with Gasteiger partial charge in [-0.2, -0.15) is 0 Å². The third kappa shape index (κ3) is 2.63. The molecule has 4 heteroatoms. The molecule has 0 saturated carbocycles. The highest BCUT2D eigenvalue weighted by Gasteiger charge is 2.23. The molecular weight excluding hydrogens is 288 g/mol. The van der Waals surface area contributed by atoms with Gasteiger partial charge in [0.1, 0.15) is 0 Å². The summed E-state index contributed by atoms with van der Waals surface area (Å²) in [6.45, 7) is 5.70. The average Bonchev–Trinajstić information content (AvgIpc) is 2.86. The fourth-order valence-electron chi connectivity index (χ4n) is 2.75. The smallest absolute Gasteiger partial charge is 0.296 e. The van der Waals surface area contributed by atoms with Crippen LogP contribution in [0.4, 0.5) is 5.69 Å². The number of aromatic amines is 1. The first-order valence-corrected chi connectivity index (χ1v) is 7.48. The van der Waals surface area contributed by atoms with E-state index in [-0.39, 0.29) is 0 Å². The SMILES string of the molecule is Cc1cccc(NC(=O)C(=O)c2c(C)[nH]c3ccccc23)c1C. The average molecular weight is 306 g/mol. The van der Waals surface area contributed by atoms with Crippen molar-refractivity contribution in [2.45, 2.75) is 20.8 Å². The normalized spacial score (nSPS) is 10.7. The lowest BCUT2D eigenvalue weighted by Crippen LogP contribution is -2.23. The van der Waals surface area contributed by atoms with E-state index in [2.05, 4.69) is 10.3 Å². The Kier molecular flexibility index (Phi) is 3.74. The lowest BCUT2D eigenvalue weighted by Gasteiger charge is -2.09. The van der Waals surface area contributed by atoms with Crippen molar-refractivity contribution in [3.8, 4) is 0 Å². The lowest BCUT2D eigenvalue weighted by atomic mass is 10.0. The fraction of sp³-hybridized carbons (Fsp3) is 0.158. The molecule has 0 unspecified atom stereocenters. The van der Waals surface area contributed by atoms with Crippen molar-refractivity contribution < 1.29 is 9.59 Å². The van der Waals surface area contributed by atoms with Crippen LogP contribution in [0.15, 0.2) is 42.5 Å². The minimum absolute atomic E-state index is 0.434. The maximum atomic E-state index is 12.6. The highest BCUT2D eigenvalue weighted by Crippen LogP contribution is 2.23. The molecule has 0 atom stereocenters. The molecule has 116 valence electrons. The van der Waals surface area contributed by atoms with Gasteiger partial charge in [-0.25, -0.2) is 0 Å². The number of Topliss-reactive ketones (excluding diaryl/α,β-unsaturated/α-hetero) is 1. The summed E-state index contributed by atoms with van der Waals surface area (Å²) in [6, 6.07) is 13.1. The van der Waals surface area contributed by atoms with Gasteiger partial charge in [0.2, 0.25) is 0 Å². The maximum absolute atomic E-state index is 12.6. The summed E-state index contributed by atoms with van der Waals surface area (Å²) in [4.78, 5) is 28.2. The van der Waals surface area contributed by atoms with Crippen LogP contribution in [0.25, 0.3) is 10.9 Å². The maximum Gasteiger partial charge on any atom is 0.296 e. The van der Waals surface area contributed by atoms with Crippen LogP contribution in [0.5, 0.6) is 0 Å². The van der Waals surface area contributed by atoms with E-state index in [1.54, 1.807) is 13.0 Å². The number of rotatable bonds is 3. The number of aryl methyl sites for hydroxylation is 2. The first-order valence-electron chi connectivity index (χ1n) is 7.48. The van der Waals surface area contributed by atoms with Crippen LogP contribution in [0, 0.1) is 20.8 Å². The van der Waals surface area contributed by atoms with E-state index in [1.165, 1.54) is 0 Å². The number of aromatic nitrogens is 1. The number of carbonyl (C=O) groups excluding carboxylic acids is 2. The summed E-state index contributed by atoms with van der Waals surface area (Å²) in [6.07, 6.45) is 0. The Morgan fingerprint density at radius 3 is 2.48 bits per heavy atom. The van der Waals surface area contributed by atoms with E-state index in [0.29, 0.717) is 16.9 Å². The molecule has 2 N–H and O–H groups in total. The third-order valence-corrected chi connectivity index (χ3v) is 4.18. The predicted molar refractivity (Wildman–Crippen MR) is 91.9 cm³/mol. The molecule has 0 fully saturated rings. The highest BCUT2D eigenvalue weighted by atomic mass is 16.2. The van der Waals surface area contributed by atoms with Gasteiger partial charge in [-0.1, -0.05) is 30.3 Å². The molecule has 2 aromatic carbocycles. The largest absolute Gasteiger partial charge is 0.358 e. The molecular formula is C19H18N2O2. The van der Waals surface area contributed by atoms with E-state index in [1.807, 2.05) is 50.2 Å². The van der Waals surface area contributed by atoms with Gasteiger partial charge in [0, 0.05) is 22.3 Å². The zero-order valence-corrected chi connectivity index (χ0v) is 13.4. The van der Waals surface area contributed by atoms with Crippen molar-refractivity contribution in [3.05, 3.63) is 64.8 Å². The molecule has 0 aliphatic carbocycles. The van der Waals surface area contributed by atoms with Crippen LogP contribution < -0.4 is 5.32 Å². The van der Waals surface area contributed by atoms with E-state index >= 15 is 0 Å². The van der Waals surface area contributed by atoms with Gasteiger partial charge in [-0.3, -0.25) is 9.59 Å². The molecule has 0 bridgehead atoms. The molecule has 3 aromatic rings. The molecule has 0 saturated heterocycles. The number of anilines is 1. The lowest BCUT2D eigenvalue weighted by molar-refractivity contribution is -0.112. The molecule has 1 aromatic heterocycles. The number of H-pyrrole nitrogens is 1. The van der Waals surface area contributed by atoms with E-state index < -0.39 is 11.7 Å². The molecule has 0 aliphatic rings. The zero-order valence-electron chi connectivity index (χ0n) is 13.4. The Balaban J connectivity index is 1.94. The molecule has 0 aliphatic heterocycles. The third-order valence-electron chi connectivity index (χ3n) is 4.18. The van der Waals surface area contributed by atoms with Crippen LogP contribution in [-0.4, -0.2) is 16.7 Å². The highest BCUT2D eigenvalue weighted by molar-refractivity contribution is 6.48. The Labute approximate surface area is 134 Å². The van der Waals surface area contributed by atoms with Crippen molar-refractivity contribution in [1.82, 2.24) is 4.98 Å². The monoisotopic (exact) mass is 306 g/mol. The van der Waals surface area contributed by atoms with Crippen LogP contribution in [0.1, 0.15) is 27.2 Å². The topological polar surface area (TPSA) is 62.0 Å². The van der Waals surface area contributed by atoms with E-state index in [0.717, 1.165) is 22.0 Å². The number of ketones is 1. The predicted octanol–water partition coefficient (Wildman–Crippen LogP) is 3.91. The Morgan fingerprint density at radius 2 is 1.70 bits per heavy atom. The molecule has 1 amide bonds. The molecule has 0 spiro atoms. The molecule has 23 heavy (non-hydrogen) atoms. The number of para-hydroxylation sites is 1. The molecule has 4 nitrogen and oxygen atoms in total. The first-order chi connectivity index (χ1) is 11.0. The minimum atomic E-state index is -0.619. The van der Waals surface area contributed by atoms with Gasteiger partial charge in [0.25, 0.3) is 11.7 Å². The summed E-state index contributed by atoms with van der Waals surface area (Å²) < 4.78 is 0. The quantitative estimate of drug-likeness (QED) is 0.569. The number of hydrogen-bond acceptors (Lipinski definition) is 2. The van der Waals surface area contributed by atoms with Crippen LogP contribution in [0.2, 0.25) is 0 Å². The molecule has 0 radical (unpaired) electrons. The van der Waals surface area contributed by atoms with Crippen LogP contribution in [-0.2, 0) is 4.79 Å². The number of hydrogen-bond donors (Lipinski definition) is 2. The summed E-state index contributed by atoms with van der Waals surface area (Å²) in [5.74, 6) is -1.15. The number of fused-ring (bicyclic) bond motifs is 1. The molecule has 1 heterocycles. The number of amides is 1. The summed E-state index contributed by atoms with van der Waals surface area (Å²) in [7, 11) is 0. The van der Waals surface area contributed by atoms with Gasteiger partial charge < -0.3 is 10.3 Å². The van der Waals surface area contributed by atoms with Crippen molar-refractivity contribution in [3.63, 3.8) is 0 Å². The van der Waals surface area contributed by atoms with Crippen molar-refractivity contribution in [2.24, 2.45) is 0 Å². The second-order valence-electron chi connectivity index (χ2n) is 5.70. The zero-order chi connectivity index (χ0) is 16.6. The van der Waals surface area contributed by atoms with Crippen LogP contribution in [0.3, 0.4) is 0 Å². The van der Waals surface area contributed by atoms with Gasteiger partial charge in [-0.15, -0.1) is 0 Å². The van der Waals surface area contributed by atoms with E-state index in [4.69, 9.17) is 0 Å².